The molecule has 0 bridgehead atoms. The first-order valence-electron chi connectivity index (χ1n) is 3.27. The molecule has 0 aromatic carbocycles. The van der Waals surface area contributed by atoms with Gasteiger partial charge in [-0.15, -0.1) is 0 Å². The molecule has 3 rings (SSSR count). The number of hydrogen-bond acceptors (Lipinski definition) is 2. The van der Waals surface area contributed by atoms with Crippen LogP contribution in [-0.4, -0.2) is 18.0 Å². The molecule has 2 heteroatoms. The maximum absolute atomic E-state index is 5.32. The second kappa shape index (κ2) is 0.847. The standard InChI is InChI=1S/C6H8O2/c1-2-4-6(7-4)5(3-1)8-6/h4-5H,1-3H2. The fourth-order valence-corrected chi connectivity index (χ4v) is 1.77. The summed E-state index contributed by atoms with van der Waals surface area (Å²) < 4.78 is 10.6. The minimum atomic E-state index is 0.0122. The van der Waals surface area contributed by atoms with Crippen LogP contribution >= 0.6 is 0 Å². The van der Waals surface area contributed by atoms with Crippen molar-refractivity contribution in [3.8, 4) is 0 Å². The van der Waals surface area contributed by atoms with Gasteiger partial charge >= 0.3 is 0 Å². The van der Waals surface area contributed by atoms with Gasteiger partial charge in [-0.1, -0.05) is 0 Å². The molecule has 44 valence electrons. The third kappa shape index (κ3) is 0.250. The third-order valence-electron chi connectivity index (χ3n) is 2.37. The van der Waals surface area contributed by atoms with Gasteiger partial charge in [0.15, 0.2) is 0 Å². The van der Waals surface area contributed by atoms with E-state index in [1.165, 1.54) is 19.3 Å². The van der Waals surface area contributed by atoms with Crippen molar-refractivity contribution >= 4 is 0 Å². The van der Waals surface area contributed by atoms with Crippen LogP contribution in [0.2, 0.25) is 0 Å². The van der Waals surface area contributed by atoms with E-state index in [2.05, 4.69) is 0 Å². The quantitative estimate of drug-likeness (QED) is 0.430. The molecule has 0 N–H and O–H groups in total. The van der Waals surface area contributed by atoms with Crippen LogP contribution in [0.5, 0.6) is 0 Å². The molecule has 2 saturated heterocycles. The lowest BCUT2D eigenvalue weighted by Crippen LogP contribution is -2.06. The van der Waals surface area contributed by atoms with Crippen molar-refractivity contribution < 1.29 is 9.47 Å². The van der Waals surface area contributed by atoms with E-state index < -0.39 is 0 Å². The van der Waals surface area contributed by atoms with E-state index in [9.17, 15) is 0 Å². The largest absolute Gasteiger partial charge is 0.336 e. The summed E-state index contributed by atoms with van der Waals surface area (Å²) in [4.78, 5) is 0. The van der Waals surface area contributed by atoms with Crippen molar-refractivity contribution in [2.45, 2.75) is 37.3 Å². The third-order valence-corrected chi connectivity index (χ3v) is 2.37. The van der Waals surface area contributed by atoms with Crippen LogP contribution in [0.15, 0.2) is 0 Å². The minimum absolute atomic E-state index is 0.0122. The van der Waals surface area contributed by atoms with Crippen molar-refractivity contribution in [1.82, 2.24) is 0 Å². The molecule has 1 aliphatic carbocycles. The van der Waals surface area contributed by atoms with E-state index in [1.54, 1.807) is 0 Å². The average molecular weight is 112 g/mol. The van der Waals surface area contributed by atoms with Crippen LogP contribution in [0.3, 0.4) is 0 Å². The average Bonchev–Trinajstić information content (AvgIpc) is 2.45. The van der Waals surface area contributed by atoms with Gasteiger partial charge in [0.2, 0.25) is 5.79 Å². The van der Waals surface area contributed by atoms with E-state index in [-0.39, 0.29) is 5.79 Å². The molecule has 3 fully saturated rings. The molecule has 2 nitrogen and oxygen atoms in total. The lowest BCUT2D eigenvalue weighted by molar-refractivity contribution is 0.242. The smallest absolute Gasteiger partial charge is 0.223 e. The first kappa shape index (κ1) is 3.85. The van der Waals surface area contributed by atoms with Crippen LogP contribution in [-0.2, 0) is 9.47 Å². The van der Waals surface area contributed by atoms with Gasteiger partial charge in [-0.25, -0.2) is 0 Å². The van der Waals surface area contributed by atoms with Crippen LogP contribution in [0.4, 0.5) is 0 Å². The van der Waals surface area contributed by atoms with E-state index in [4.69, 9.17) is 9.47 Å². The minimum Gasteiger partial charge on any atom is -0.336 e. The molecule has 2 aliphatic heterocycles. The highest BCUT2D eigenvalue weighted by Crippen LogP contribution is 2.61. The molecule has 2 atom stereocenters. The van der Waals surface area contributed by atoms with Gasteiger partial charge in [0.25, 0.3) is 0 Å². The zero-order valence-electron chi connectivity index (χ0n) is 4.59. The van der Waals surface area contributed by atoms with Crippen molar-refractivity contribution in [3.63, 3.8) is 0 Å². The molecule has 0 aromatic heterocycles. The first-order chi connectivity index (χ1) is 3.92. The van der Waals surface area contributed by atoms with Crippen molar-refractivity contribution in [2.75, 3.05) is 0 Å². The Labute approximate surface area is 47.8 Å². The zero-order valence-corrected chi connectivity index (χ0v) is 4.59. The Bertz CT molecular complexity index is 123. The monoisotopic (exact) mass is 112 g/mol. The molecule has 0 aromatic rings. The molecule has 0 amide bonds. The summed E-state index contributed by atoms with van der Waals surface area (Å²) in [6, 6.07) is 0. The Morgan fingerprint density at radius 1 is 1.12 bits per heavy atom. The fraction of sp³-hybridized carbons (Fsp3) is 1.00. The number of epoxide rings is 2. The highest BCUT2D eigenvalue weighted by atomic mass is 16.9. The van der Waals surface area contributed by atoms with Crippen LogP contribution in [0.25, 0.3) is 0 Å². The fourth-order valence-electron chi connectivity index (χ4n) is 1.77. The summed E-state index contributed by atoms with van der Waals surface area (Å²) in [5.41, 5.74) is 0. The molecular formula is C6H8O2. The van der Waals surface area contributed by atoms with Gasteiger partial charge in [-0.3, -0.25) is 0 Å². The summed E-state index contributed by atoms with van der Waals surface area (Å²) in [6.07, 6.45) is 4.77. The predicted octanol–water partition coefficient (Wildman–Crippen LogP) is 0.664. The molecular weight excluding hydrogens is 104 g/mol. The Hall–Kier alpha value is -0.0800. The van der Waals surface area contributed by atoms with E-state index in [1.807, 2.05) is 0 Å². The van der Waals surface area contributed by atoms with Gasteiger partial charge in [0.05, 0.1) is 0 Å². The molecule has 0 radical (unpaired) electrons. The van der Waals surface area contributed by atoms with Crippen molar-refractivity contribution in [2.24, 2.45) is 0 Å². The van der Waals surface area contributed by atoms with E-state index >= 15 is 0 Å². The second-order valence-corrected chi connectivity index (χ2v) is 2.87. The van der Waals surface area contributed by atoms with Crippen LogP contribution < -0.4 is 0 Å². The summed E-state index contributed by atoms with van der Waals surface area (Å²) in [7, 11) is 0. The molecule has 8 heavy (non-hydrogen) atoms. The molecule has 1 saturated carbocycles. The predicted molar refractivity (Wildman–Crippen MR) is 26.3 cm³/mol. The lowest BCUT2D eigenvalue weighted by atomic mass is 10.0. The molecule has 3 aliphatic rings. The number of rotatable bonds is 0. The first-order valence-corrected chi connectivity index (χ1v) is 3.27. The number of ether oxygens (including phenoxy) is 2. The van der Waals surface area contributed by atoms with Gasteiger partial charge in [-0.2, -0.15) is 0 Å². The maximum Gasteiger partial charge on any atom is 0.223 e. The maximum atomic E-state index is 5.32. The van der Waals surface area contributed by atoms with Gasteiger partial charge in [0, 0.05) is 0 Å². The van der Waals surface area contributed by atoms with Crippen molar-refractivity contribution in [3.05, 3.63) is 0 Å². The SMILES string of the molecule is C1CC2OC23OC3C1. The zero-order chi connectivity index (χ0) is 5.19. The topological polar surface area (TPSA) is 25.1 Å². The van der Waals surface area contributed by atoms with Gasteiger partial charge < -0.3 is 9.47 Å². The van der Waals surface area contributed by atoms with E-state index in [0.29, 0.717) is 12.2 Å². The molecule has 1 spiro atoms. The Kier molecular flexibility index (Phi) is 0.408. The van der Waals surface area contributed by atoms with Crippen LogP contribution in [0, 0.1) is 0 Å². The summed E-state index contributed by atoms with van der Waals surface area (Å²) >= 11 is 0. The molecule has 2 unspecified atom stereocenters. The number of hydrogen-bond donors (Lipinski definition) is 0. The van der Waals surface area contributed by atoms with Crippen LogP contribution in [0.1, 0.15) is 19.3 Å². The highest BCUT2D eigenvalue weighted by Gasteiger charge is 2.77. The normalized spacial score (nSPS) is 66.0. The summed E-state index contributed by atoms with van der Waals surface area (Å²) in [6.45, 7) is 0. The summed E-state index contributed by atoms with van der Waals surface area (Å²) in [5, 5.41) is 0. The Balaban J connectivity index is 1.95. The van der Waals surface area contributed by atoms with Gasteiger partial charge in [-0.05, 0) is 19.3 Å². The Morgan fingerprint density at radius 2 is 1.75 bits per heavy atom. The highest BCUT2D eigenvalue weighted by molar-refractivity contribution is 5.14. The Morgan fingerprint density at radius 3 is 2.25 bits per heavy atom. The molecule has 2 heterocycles. The van der Waals surface area contributed by atoms with Crippen molar-refractivity contribution in [1.29, 1.82) is 0 Å². The van der Waals surface area contributed by atoms with E-state index in [0.717, 1.165) is 0 Å². The summed E-state index contributed by atoms with van der Waals surface area (Å²) in [5.74, 6) is 0.0122. The second-order valence-electron chi connectivity index (χ2n) is 2.87. The van der Waals surface area contributed by atoms with Gasteiger partial charge in [0.1, 0.15) is 12.2 Å². The lowest BCUT2D eigenvalue weighted by Gasteiger charge is -1.95.